The number of rotatable bonds is 6. The van der Waals surface area contributed by atoms with Crippen molar-refractivity contribution in [2.75, 3.05) is 11.9 Å². The van der Waals surface area contributed by atoms with E-state index in [9.17, 15) is 4.79 Å². The second-order valence-electron chi connectivity index (χ2n) is 4.95. The third-order valence-electron chi connectivity index (χ3n) is 2.26. The van der Waals surface area contributed by atoms with Gasteiger partial charge in [-0.15, -0.1) is 0 Å². The van der Waals surface area contributed by atoms with Gasteiger partial charge in [0.2, 0.25) is 5.88 Å². The number of carboxylic acid groups (broad SMARTS) is 1. The summed E-state index contributed by atoms with van der Waals surface area (Å²) in [5.74, 6) is 0.0585. The molecular weight excluding hydrogens is 234 g/mol. The van der Waals surface area contributed by atoms with Crippen molar-refractivity contribution in [3.05, 3.63) is 12.4 Å². The molecule has 0 saturated heterocycles. The van der Waals surface area contributed by atoms with Crippen LogP contribution in [0.3, 0.4) is 0 Å². The van der Waals surface area contributed by atoms with Gasteiger partial charge in [0, 0.05) is 6.54 Å². The van der Waals surface area contributed by atoms with Crippen molar-refractivity contribution in [3.8, 4) is 5.88 Å². The normalized spacial score (nSPS) is 11.4. The smallest absolute Gasteiger partial charge is 0.310 e. The van der Waals surface area contributed by atoms with Gasteiger partial charge in [-0.05, 0) is 27.7 Å². The van der Waals surface area contributed by atoms with Crippen molar-refractivity contribution < 1.29 is 14.6 Å². The van der Waals surface area contributed by atoms with Gasteiger partial charge in [0.25, 0.3) is 0 Å². The summed E-state index contributed by atoms with van der Waals surface area (Å²) in [4.78, 5) is 19.1. The Morgan fingerprint density at radius 3 is 2.72 bits per heavy atom. The molecule has 0 aliphatic carbocycles. The van der Waals surface area contributed by atoms with Gasteiger partial charge in [0.1, 0.15) is 5.82 Å². The third-order valence-corrected chi connectivity index (χ3v) is 2.26. The highest BCUT2D eigenvalue weighted by Gasteiger charge is 2.26. The number of aliphatic carboxylic acids is 1. The quantitative estimate of drug-likeness (QED) is 0.804. The summed E-state index contributed by atoms with van der Waals surface area (Å²) in [5.41, 5.74) is -0.864. The first-order valence-electron chi connectivity index (χ1n) is 5.77. The summed E-state index contributed by atoms with van der Waals surface area (Å²) in [7, 11) is 0. The number of anilines is 1. The number of carboxylic acids is 1. The van der Waals surface area contributed by atoms with Crippen LogP contribution in [0.5, 0.6) is 5.88 Å². The van der Waals surface area contributed by atoms with E-state index in [1.54, 1.807) is 13.8 Å². The topological polar surface area (TPSA) is 84.3 Å². The van der Waals surface area contributed by atoms with E-state index in [0.717, 1.165) is 0 Å². The van der Waals surface area contributed by atoms with E-state index >= 15 is 0 Å². The number of nitrogens with zero attached hydrogens (tertiary/aromatic N) is 2. The minimum absolute atomic E-state index is 0.0185. The first-order valence-corrected chi connectivity index (χ1v) is 5.77. The van der Waals surface area contributed by atoms with Crippen LogP contribution in [-0.2, 0) is 4.79 Å². The Morgan fingerprint density at radius 2 is 2.17 bits per heavy atom. The molecule has 0 spiro atoms. The van der Waals surface area contributed by atoms with E-state index in [2.05, 4.69) is 15.3 Å². The van der Waals surface area contributed by atoms with Crippen LogP contribution >= 0.6 is 0 Å². The molecule has 1 aromatic rings. The summed E-state index contributed by atoms with van der Waals surface area (Å²) in [5, 5.41) is 11.9. The lowest BCUT2D eigenvalue weighted by Crippen LogP contribution is -2.32. The van der Waals surface area contributed by atoms with E-state index < -0.39 is 11.4 Å². The molecule has 0 unspecified atom stereocenters. The van der Waals surface area contributed by atoms with Crippen LogP contribution in [-0.4, -0.2) is 33.7 Å². The molecule has 0 atom stereocenters. The molecule has 0 amide bonds. The first-order chi connectivity index (χ1) is 8.31. The third kappa shape index (κ3) is 4.20. The number of aromatic nitrogens is 2. The number of ether oxygens (including phenoxy) is 1. The molecule has 0 aliphatic rings. The fourth-order valence-corrected chi connectivity index (χ4v) is 1.12. The average Bonchev–Trinajstić information content (AvgIpc) is 2.26. The highest BCUT2D eigenvalue weighted by atomic mass is 16.5. The molecular formula is C12H19N3O3. The second kappa shape index (κ2) is 5.66. The van der Waals surface area contributed by atoms with Crippen LogP contribution in [0.15, 0.2) is 12.4 Å². The maximum absolute atomic E-state index is 11.0. The minimum Gasteiger partial charge on any atom is -0.481 e. The molecule has 0 saturated carbocycles. The molecule has 0 bridgehead atoms. The lowest BCUT2D eigenvalue weighted by Gasteiger charge is -2.19. The lowest BCUT2D eigenvalue weighted by atomic mass is 9.94. The Labute approximate surface area is 106 Å². The first kappa shape index (κ1) is 14.2. The SMILES string of the molecule is CC(C)Oc1cncc(NCC(C)(C)C(=O)O)n1. The molecule has 6 heteroatoms. The van der Waals surface area contributed by atoms with Gasteiger partial charge in [0.15, 0.2) is 0 Å². The second-order valence-corrected chi connectivity index (χ2v) is 4.95. The summed E-state index contributed by atoms with van der Waals surface area (Å²) < 4.78 is 5.40. The minimum atomic E-state index is -0.864. The van der Waals surface area contributed by atoms with E-state index in [-0.39, 0.29) is 12.6 Å². The Balaban J connectivity index is 2.65. The molecule has 18 heavy (non-hydrogen) atoms. The molecule has 0 fully saturated rings. The van der Waals surface area contributed by atoms with Crippen LogP contribution in [0.1, 0.15) is 27.7 Å². The van der Waals surface area contributed by atoms with Gasteiger partial charge in [-0.1, -0.05) is 0 Å². The van der Waals surface area contributed by atoms with Crippen molar-refractivity contribution >= 4 is 11.8 Å². The van der Waals surface area contributed by atoms with E-state index in [1.807, 2.05) is 13.8 Å². The van der Waals surface area contributed by atoms with E-state index in [0.29, 0.717) is 11.7 Å². The Kier molecular flexibility index (Phi) is 4.47. The fraction of sp³-hybridized carbons (Fsp3) is 0.583. The van der Waals surface area contributed by atoms with Crippen molar-refractivity contribution in [2.45, 2.75) is 33.8 Å². The zero-order valence-corrected chi connectivity index (χ0v) is 11.1. The summed E-state index contributed by atoms with van der Waals surface area (Å²) >= 11 is 0. The zero-order chi connectivity index (χ0) is 13.8. The molecule has 0 aliphatic heterocycles. The van der Waals surface area contributed by atoms with Crippen molar-refractivity contribution in [3.63, 3.8) is 0 Å². The zero-order valence-electron chi connectivity index (χ0n) is 11.1. The molecule has 1 heterocycles. The maximum atomic E-state index is 11.0. The standard InChI is InChI=1S/C12H19N3O3/c1-8(2)18-10-6-13-5-9(15-10)14-7-12(3,4)11(16)17/h5-6,8H,7H2,1-4H3,(H,14,15)(H,16,17). The fourth-order valence-electron chi connectivity index (χ4n) is 1.12. The average molecular weight is 253 g/mol. The number of carbonyl (C=O) groups is 1. The van der Waals surface area contributed by atoms with E-state index in [1.165, 1.54) is 12.4 Å². The Bertz CT molecular complexity index is 419. The summed E-state index contributed by atoms with van der Waals surface area (Å²) in [6.45, 7) is 7.35. The van der Waals surface area contributed by atoms with Crippen molar-refractivity contribution in [1.29, 1.82) is 0 Å². The molecule has 6 nitrogen and oxygen atoms in total. The van der Waals surface area contributed by atoms with Gasteiger partial charge in [0.05, 0.1) is 23.9 Å². The molecule has 100 valence electrons. The van der Waals surface area contributed by atoms with Gasteiger partial charge < -0.3 is 15.2 Å². The van der Waals surface area contributed by atoms with Gasteiger partial charge in [-0.25, -0.2) is 0 Å². The number of hydrogen-bond donors (Lipinski definition) is 2. The van der Waals surface area contributed by atoms with Crippen LogP contribution in [0.25, 0.3) is 0 Å². The van der Waals surface area contributed by atoms with E-state index in [4.69, 9.17) is 9.84 Å². The summed E-state index contributed by atoms with van der Waals surface area (Å²) in [6.07, 6.45) is 3.07. The number of hydrogen-bond acceptors (Lipinski definition) is 5. The predicted octanol–water partition coefficient (Wildman–Crippen LogP) is 1.79. The van der Waals surface area contributed by atoms with Gasteiger partial charge in [-0.3, -0.25) is 9.78 Å². The Morgan fingerprint density at radius 1 is 1.50 bits per heavy atom. The highest BCUT2D eigenvalue weighted by Crippen LogP contribution is 2.17. The Hall–Kier alpha value is -1.85. The largest absolute Gasteiger partial charge is 0.481 e. The molecule has 1 aromatic heterocycles. The monoisotopic (exact) mass is 253 g/mol. The molecule has 0 radical (unpaired) electrons. The van der Waals surface area contributed by atoms with Crippen LogP contribution in [0, 0.1) is 5.41 Å². The van der Waals surface area contributed by atoms with Crippen LogP contribution in [0.4, 0.5) is 5.82 Å². The summed E-state index contributed by atoms with van der Waals surface area (Å²) in [6, 6.07) is 0. The molecule has 2 N–H and O–H groups in total. The maximum Gasteiger partial charge on any atom is 0.310 e. The van der Waals surface area contributed by atoms with Crippen molar-refractivity contribution in [2.24, 2.45) is 5.41 Å². The lowest BCUT2D eigenvalue weighted by molar-refractivity contribution is -0.146. The molecule has 0 aromatic carbocycles. The molecule has 1 rings (SSSR count). The van der Waals surface area contributed by atoms with Crippen LogP contribution < -0.4 is 10.1 Å². The van der Waals surface area contributed by atoms with Crippen LogP contribution in [0.2, 0.25) is 0 Å². The predicted molar refractivity (Wildman–Crippen MR) is 67.7 cm³/mol. The van der Waals surface area contributed by atoms with Gasteiger partial charge in [-0.2, -0.15) is 4.98 Å². The highest BCUT2D eigenvalue weighted by molar-refractivity contribution is 5.74. The number of nitrogens with one attached hydrogen (secondary N) is 1. The van der Waals surface area contributed by atoms with Gasteiger partial charge >= 0.3 is 5.97 Å². The van der Waals surface area contributed by atoms with Crippen molar-refractivity contribution in [1.82, 2.24) is 9.97 Å².